The summed E-state index contributed by atoms with van der Waals surface area (Å²) < 4.78 is 11.3. The van der Waals surface area contributed by atoms with Crippen LogP contribution in [0.4, 0.5) is 4.79 Å². The van der Waals surface area contributed by atoms with Gasteiger partial charge in [-0.1, -0.05) is 11.6 Å². The molecule has 0 radical (unpaired) electrons. The first-order valence-electron chi connectivity index (χ1n) is 8.67. The predicted molar refractivity (Wildman–Crippen MR) is 91.0 cm³/mol. The van der Waals surface area contributed by atoms with E-state index in [0.29, 0.717) is 18.8 Å². The highest BCUT2D eigenvalue weighted by atomic mass is 16.6. The van der Waals surface area contributed by atoms with Crippen molar-refractivity contribution in [2.75, 3.05) is 13.1 Å². The Morgan fingerprint density at radius 2 is 2.15 bits per heavy atom. The van der Waals surface area contributed by atoms with Gasteiger partial charge in [-0.2, -0.15) is 0 Å². The molecule has 0 aromatic carbocycles. The van der Waals surface area contributed by atoms with Crippen LogP contribution >= 0.6 is 0 Å². The van der Waals surface area contributed by atoms with Gasteiger partial charge in [-0.3, -0.25) is 9.09 Å². The van der Waals surface area contributed by atoms with E-state index in [9.17, 15) is 19.5 Å². The monoisotopic (exact) mass is 370 g/mol. The molecule has 0 spiro atoms. The molecule has 10 heteroatoms. The molecular weight excluding hydrogens is 344 g/mol. The zero-order chi connectivity index (χ0) is 19.3. The summed E-state index contributed by atoms with van der Waals surface area (Å²) in [5, 5.41) is 18.4. The number of carbonyl (C=O) groups excluding carboxylic acids is 1. The number of carbonyl (C=O) groups is 2. The third-order valence-electron chi connectivity index (χ3n) is 3.97. The fraction of sp³-hybridized carbons (Fsp3) is 0.750. The van der Waals surface area contributed by atoms with Gasteiger partial charge in [-0.05, 0) is 33.6 Å². The van der Waals surface area contributed by atoms with Crippen LogP contribution < -0.4 is 16.4 Å². The van der Waals surface area contributed by atoms with Crippen LogP contribution in [-0.4, -0.2) is 51.6 Å². The van der Waals surface area contributed by atoms with Crippen molar-refractivity contribution >= 4 is 12.1 Å². The standard InChI is InChI=1S/C16H26N4O6/c1-16(2,3)25-14(23)18-11(13(21)22)9-17-8-10-6-4-5-7-12-19-26-15(24)20(10)12/h10-11,17H,4-9H2,1-3H3,(H,18,23)(H,21,22). The number of rotatable bonds is 6. The molecular formula is C16H26N4O6. The van der Waals surface area contributed by atoms with Gasteiger partial charge >= 0.3 is 17.8 Å². The maximum Gasteiger partial charge on any atom is 0.441 e. The van der Waals surface area contributed by atoms with E-state index >= 15 is 0 Å². The summed E-state index contributed by atoms with van der Waals surface area (Å²) in [4.78, 5) is 35.0. The van der Waals surface area contributed by atoms with Crippen molar-refractivity contribution < 1.29 is 24.0 Å². The molecule has 1 aliphatic heterocycles. The lowest BCUT2D eigenvalue weighted by molar-refractivity contribution is -0.139. The van der Waals surface area contributed by atoms with Crippen molar-refractivity contribution in [3.05, 3.63) is 16.4 Å². The van der Waals surface area contributed by atoms with E-state index in [1.165, 1.54) is 4.57 Å². The average molecular weight is 370 g/mol. The van der Waals surface area contributed by atoms with E-state index in [1.54, 1.807) is 20.8 Å². The van der Waals surface area contributed by atoms with Crippen molar-refractivity contribution in [1.82, 2.24) is 20.4 Å². The molecule has 1 amide bonds. The van der Waals surface area contributed by atoms with Gasteiger partial charge in [0.1, 0.15) is 11.6 Å². The molecule has 10 nitrogen and oxygen atoms in total. The second kappa shape index (κ2) is 8.35. The summed E-state index contributed by atoms with van der Waals surface area (Å²) in [7, 11) is 0. The SMILES string of the molecule is CC(C)(C)OC(=O)NC(CNCC1CCCCc2noc(=O)n21)C(=O)O. The topological polar surface area (TPSA) is 136 Å². The Kier molecular flexibility index (Phi) is 6.41. The summed E-state index contributed by atoms with van der Waals surface area (Å²) in [6.07, 6.45) is 2.51. The van der Waals surface area contributed by atoms with Gasteiger partial charge in [-0.25, -0.2) is 14.4 Å². The van der Waals surface area contributed by atoms with Crippen LogP contribution in [0.15, 0.2) is 9.32 Å². The first-order chi connectivity index (χ1) is 12.2. The van der Waals surface area contributed by atoms with Gasteiger partial charge in [0.15, 0.2) is 5.82 Å². The quantitative estimate of drug-likeness (QED) is 0.665. The zero-order valence-electron chi connectivity index (χ0n) is 15.3. The van der Waals surface area contributed by atoms with Crippen molar-refractivity contribution in [3.63, 3.8) is 0 Å². The van der Waals surface area contributed by atoms with Crippen LogP contribution in [0, 0.1) is 0 Å². The lowest BCUT2D eigenvalue weighted by Gasteiger charge is -2.23. The summed E-state index contributed by atoms with van der Waals surface area (Å²) in [5.41, 5.74) is -0.716. The lowest BCUT2D eigenvalue weighted by Crippen LogP contribution is -2.49. The number of carboxylic acids is 1. The normalized spacial score (nSPS) is 18.5. The van der Waals surface area contributed by atoms with Crippen LogP contribution in [0.3, 0.4) is 0 Å². The van der Waals surface area contributed by atoms with Gasteiger partial charge in [0.05, 0.1) is 6.04 Å². The Bertz CT molecular complexity index is 690. The molecule has 1 aromatic heterocycles. The highest BCUT2D eigenvalue weighted by Crippen LogP contribution is 2.20. The first-order valence-corrected chi connectivity index (χ1v) is 8.67. The molecule has 2 unspecified atom stereocenters. The van der Waals surface area contributed by atoms with E-state index in [1.807, 2.05) is 0 Å². The van der Waals surface area contributed by atoms with Crippen LogP contribution in [0.5, 0.6) is 0 Å². The van der Waals surface area contributed by atoms with Gasteiger partial charge in [0, 0.05) is 19.5 Å². The Balaban J connectivity index is 1.92. The Hall–Kier alpha value is -2.36. The van der Waals surface area contributed by atoms with Crippen molar-refractivity contribution in [2.24, 2.45) is 0 Å². The molecule has 0 aliphatic carbocycles. The number of aromatic nitrogens is 2. The van der Waals surface area contributed by atoms with Gasteiger partial charge in [0.25, 0.3) is 0 Å². The molecule has 0 saturated heterocycles. The van der Waals surface area contributed by atoms with E-state index in [0.717, 1.165) is 19.3 Å². The van der Waals surface area contributed by atoms with Crippen molar-refractivity contribution in [1.29, 1.82) is 0 Å². The fourth-order valence-electron chi connectivity index (χ4n) is 2.84. The molecule has 0 bridgehead atoms. The number of carboxylic acid groups (broad SMARTS) is 1. The third-order valence-corrected chi connectivity index (χ3v) is 3.97. The minimum Gasteiger partial charge on any atom is -0.480 e. The maximum atomic E-state index is 11.8. The summed E-state index contributed by atoms with van der Waals surface area (Å²) >= 11 is 0. The van der Waals surface area contributed by atoms with E-state index in [4.69, 9.17) is 9.26 Å². The van der Waals surface area contributed by atoms with Gasteiger partial charge in [0.2, 0.25) is 0 Å². The largest absolute Gasteiger partial charge is 0.480 e. The van der Waals surface area contributed by atoms with Crippen LogP contribution in [0.25, 0.3) is 0 Å². The molecule has 2 rings (SSSR count). The van der Waals surface area contributed by atoms with Crippen molar-refractivity contribution in [3.8, 4) is 0 Å². The highest BCUT2D eigenvalue weighted by molar-refractivity contribution is 5.80. The summed E-state index contributed by atoms with van der Waals surface area (Å²) in [5.74, 6) is -1.07. The third kappa shape index (κ3) is 5.58. The highest BCUT2D eigenvalue weighted by Gasteiger charge is 2.26. The van der Waals surface area contributed by atoms with E-state index < -0.39 is 29.5 Å². The number of ether oxygens (including phenoxy) is 1. The van der Waals surface area contributed by atoms with Crippen LogP contribution in [0.1, 0.15) is 51.9 Å². The molecule has 3 N–H and O–H groups in total. The number of hydrogen-bond donors (Lipinski definition) is 3. The number of nitrogens with one attached hydrogen (secondary N) is 2. The molecule has 1 aromatic rings. The smallest absolute Gasteiger partial charge is 0.441 e. The second-order valence-corrected chi connectivity index (χ2v) is 7.33. The number of fused-ring (bicyclic) bond motifs is 1. The molecule has 0 saturated carbocycles. The Morgan fingerprint density at radius 3 is 2.81 bits per heavy atom. The van der Waals surface area contributed by atoms with Crippen LogP contribution in [-0.2, 0) is 16.0 Å². The first kappa shape index (κ1) is 20.0. The molecule has 1 aliphatic rings. The average Bonchev–Trinajstić information content (AvgIpc) is 2.75. The van der Waals surface area contributed by atoms with Gasteiger partial charge in [-0.15, -0.1) is 0 Å². The number of nitrogens with zero attached hydrogens (tertiary/aromatic N) is 2. The molecule has 146 valence electrons. The fourth-order valence-corrected chi connectivity index (χ4v) is 2.84. The van der Waals surface area contributed by atoms with E-state index in [-0.39, 0.29) is 12.6 Å². The Morgan fingerprint density at radius 1 is 1.42 bits per heavy atom. The lowest BCUT2D eigenvalue weighted by atomic mass is 10.1. The summed E-state index contributed by atoms with van der Waals surface area (Å²) in [6, 6.07) is -1.31. The second-order valence-electron chi connectivity index (χ2n) is 7.33. The van der Waals surface area contributed by atoms with E-state index in [2.05, 4.69) is 15.8 Å². The molecule has 26 heavy (non-hydrogen) atoms. The number of aryl methyl sites for hydroxylation is 1. The minimum absolute atomic E-state index is 0.000437. The number of amides is 1. The predicted octanol–water partition coefficient (Wildman–Crippen LogP) is 0.671. The number of hydrogen-bond acceptors (Lipinski definition) is 7. The zero-order valence-corrected chi connectivity index (χ0v) is 15.3. The molecule has 2 atom stereocenters. The minimum atomic E-state index is -1.17. The van der Waals surface area contributed by atoms with Gasteiger partial charge < -0.3 is 20.5 Å². The number of alkyl carbamates (subject to hydrolysis) is 1. The van der Waals surface area contributed by atoms with Crippen molar-refractivity contribution in [2.45, 2.75) is 64.1 Å². The van der Waals surface area contributed by atoms with Crippen LogP contribution in [0.2, 0.25) is 0 Å². The maximum absolute atomic E-state index is 11.8. The molecule has 0 fully saturated rings. The molecule has 2 heterocycles. The Labute approximate surface area is 150 Å². The summed E-state index contributed by atoms with van der Waals surface area (Å²) in [6.45, 7) is 5.46. The number of aliphatic carboxylic acids is 1.